The normalized spacial score (nSPS) is 18.4. The Labute approximate surface area is 153 Å². The van der Waals surface area contributed by atoms with Crippen LogP contribution < -0.4 is 10.9 Å². The molecule has 4 aromatic rings. The minimum atomic E-state index is -0.463. The smallest absolute Gasteiger partial charge is 0.272 e. The Hall–Kier alpha value is -3.48. The van der Waals surface area contributed by atoms with Gasteiger partial charge >= 0.3 is 0 Å². The van der Waals surface area contributed by atoms with Crippen molar-refractivity contribution in [1.29, 1.82) is 0 Å². The van der Waals surface area contributed by atoms with E-state index in [1.807, 2.05) is 48.1 Å². The summed E-state index contributed by atoms with van der Waals surface area (Å²) in [5.74, 6) is 0.104. The van der Waals surface area contributed by atoms with Crippen molar-refractivity contribution in [3.05, 3.63) is 88.1 Å². The third-order valence-corrected chi connectivity index (χ3v) is 5.12. The third-order valence-electron chi connectivity index (χ3n) is 5.12. The zero-order valence-corrected chi connectivity index (χ0v) is 14.5. The van der Waals surface area contributed by atoms with Crippen LogP contribution in [-0.2, 0) is 7.05 Å². The fourth-order valence-electron chi connectivity index (χ4n) is 3.92. The summed E-state index contributed by atoms with van der Waals surface area (Å²) >= 11 is 0. The van der Waals surface area contributed by atoms with Crippen LogP contribution >= 0.6 is 0 Å². The van der Waals surface area contributed by atoms with E-state index in [1.54, 1.807) is 6.20 Å². The number of aromatic nitrogens is 4. The number of nitrogens with zero attached hydrogens (tertiary/aromatic N) is 3. The van der Waals surface area contributed by atoms with Gasteiger partial charge in [-0.2, -0.15) is 5.10 Å². The van der Waals surface area contributed by atoms with Crippen LogP contribution in [-0.4, -0.2) is 19.7 Å². The van der Waals surface area contributed by atoms with Crippen molar-refractivity contribution in [2.24, 2.45) is 7.05 Å². The lowest BCUT2D eigenvalue weighted by atomic mass is 9.83. The van der Waals surface area contributed by atoms with Gasteiger partial charge in [0.25, 0.3) is 5.56 Å². The molecule has 1 aliphatic rings. The maximum absolute atomic E-state index is 14.2. The summed E-state index contributed by atoms with van der Waals surface area (Å²) < 4.78 is 16.1. The number of benzene rings is 2. The van der Waals surface area contributed by atoms with Crippen molar-refractivity contribution in [2.45, 2.75) is 12.0 Å². The van der Waals surface area contributed by atoms with E-state index in [1.165, 1.54) is 12.1 Å². The molecule has 27 heavy (non-hydrogen) atoms. The lowest BCUT2D eigenvalue weighted by Gasteiger charge is -2.34. The molecule has 0 bridgehead atoms. The van der Waals surface area contributed by atoms with E-state index in [-0.39, 0.29) is 17.3 Å². The van der Waals surface area contributed by atoms with E-state index < -0.39 is 11.4 Å². The number of aryl methyl sites for hydroxylation is 1. The maximum atomic E-state index is 14.2. The molecule has 0 saturated carbocycles. The highest BCUT2D eigenvalue weighted by Gasteiger charge is 2.37. The highest BCUT2D eigenvalue weighted by Crippen LogP contribution is 2.45. The molecule has 0 spiro atoms. The average Bonchev–Trinajstić information content (AvgIpc) is 3.10. The lowest BCUT2D eigenvalue weighted by Crippen LogP contribution is -2.29. The monoisotopic (exact) mass is 361 g/mol. The van der Waals surface area contributed by atoms with Crippen molar-refractivity contribution >= 4 is 16.5 Å². The first-order chi connectivity index (χ1) is 13.1. The minimum absolute atomic E-state index is 0.205. The van der Waals surface area contributed by atoms with Crippen LogP contribution in [0.15, 0.2) is 59.7 Å². The summed E-state index contributed by atoms with van der Waals surface area (Å²) in [4.78, 5) is 16.8. The van der Waals surface area contributed by atoms with Crippen LogP contribution in [0.5, 0.6) is 0 Å². The Balaban J connectivity index is 1.85. The number of halogens is 1. The van der Waals surface area contributed by atoms with Crippen molar-refractivity contribution in [3.8, 4) is 0 Å². The minimum Gasteiger partial charge on any atom is -0.376 e. The standard InChI is InChI=1S/C20H16FN5O/c1-26-8-7-22-19(26)16-17(11-5-3-2-4-6-11)23-14-10-12(21)9-13-15(14)18(16)24-25-20(13)27/h2-10,16-17,23H,1H3,(H,25,27)/t16-,17-/m0/s1. The second kappa shape index (κ2) is 5.77. The Morgan fingerprint density at radius 3 is 2.74 bits per heavy atom. The van der Waals surface area contributed by atoms with Crippen LogP contribution in [0.1, 0.15) is 29.0 Å². The topological polar surface area (TPSA) is 75.6 Å². The summed E-state index contributed by atoms with van der Waals surface area (Å²) in [5, 5.41) is 11.2. The first-order valence-electron chi connectivity index (χ1n) is 8.64. The highest BCUT2D eigenvalue weighted by atomic mass is 19.1. The van der Waals surface area contributed by atoms with Gasteiger partial charge < -0.3 is 9.88 Å². The molecule has 0 fully saturated rings. The Morgan fingerprint density at radius 1 is 1.19 bits per heavy atom. The first kappa shape index (κ1) is 15.7. The molecule has 5 rings (SSSR count). The molecule has 0 unspecified atom stereocenters. The largest absolute Gasteiger partial charge is 0.376 e. The van der Waals surface area contributed by atoms with Gasteiger partial charge in [0.15, 0.2) is 0 Å². The van der Waals surface area contributed by atoms with Crippen LogP contribution in [0.3, 0.4) is 0 Å². The van der Waals surface area contributed by atoms with Crippen LogP contribution in [0.25, 0.3) is 10.8 Å². The number of nitrogens with one attached hydrogen (secondary N) is 2. The number of rotatable bonds is 2. The fourth-order valence-corrected chi connectivity index (χ4v) is 3.92. The Bertz CT molecular complexity index is 1210. The van der Waals surface area contributed by atoms with E-state index in [9.17, 15) is 9.18 Å². The van der Waals surface area contributed by atoms with E-state index in [0.717, 1.165) is 11.4 Å². The number of H-pyrrole nitrogens is 1. The number of anilines is 1. The number of aromatic amines is 1. The van der Waals surface area contributed by atoms with Gasteiger partial charge in [-0.05, 0) is 17.7 Å². The molecule has 7 heteroatoms. The van der Waals surface area contributed by atoms with Crippen molar-refractivity contribution < 1.29 is 4.39 Å². The van der Waals surface area contributed by atoms with E-state index in [4.69, 9.17) is 0 Å². The lowest BCUT2D eigenvalue weighted by molar-refractivity contribution is 0.581. The van der Waals surface area contributed by atoms with Gasteiger partial charge in [0, 0.05) is 30.5 Å². The molecule has 0 saturated heterocycles. The zero-order valence-electron chi connectivity index (χ0n) is 14.5. The van der Waals surface area contributed by atoms with Gasteiger partial charge in [0.1, 0.15) is 11.6 Å². The predicted octanol–water partition coefficient (Wildman–Crippen LogP) is 3.09. The van der Waals surface area contributed by atoms with Gasteiger partial charge in [-0.1, -0.05) is 30.3 Å². The van der Waals surface area contributed by atoms with Gasteiger partial charge in [-0.25, -0.2) is 14.5 Å². The van der Waals surface area contributed by atoms with Crippen LogP contribution in [0, 0.1) is 5.82 Å². The van der Waals surface area contributed by atoms with E-state index in [2.05, 4.69) is 20.5 Å². The number of hydrogen-bond donors (Lipinski definition) is 2. The number of imidazole rings is 1. The zero-order chi connectivity index (χ0) is 18.5. The summed E-state index contributed by atoms with van der Waals surface area (Å²) in [5.41, 5.74) is 1.87. The molecular weight excluding hydrogens is 345 g/mol. The van der Waals surface area contributed by atoms with Crippen molar-refractivity contribution in [3.63, 3.8) is 0 Å². The molecule has 6 nitrogen and oxygen atoms in total. The summed E-state index contributed by atoms with van der Waals surface area (Å²) in [6.07, 6.45) is 3.61. The maximum Gasteiger partial charge on any atom is 0.272 e. The predicted molar refractivity (Wildman–Crippen MR) is 100 cm³/mol. The molecule has 134 valence electrons. The summed E-state index contributed by atoms with van der Waals surface area (Å²) in [6.45, 7) is 0. The van der Waals surface area contributed by atoms with Crippen LogP contribution in [0.4, 0.5) is 10.1 Å². The molecular formula is C20H16FN5O. The molecule has 2 N–H and O–H groups in total. The second-order valence-electron chi connectivity index (χ2n) is 6.72. The number of hydrogen-bond acceptors (Lipinski definition) is 4. The van der Waals surface area contributed by atoms with Gasteiger partial charge in [-0.3, -0.25) is 4.79 Å². The summed E-state index contributed by atoms with van der Waals surface area (Å²) in [6, 6.07) is 12.4. The van der Waals surface area contributed by atoms with Crippen LogP contribution in [0.2, 0.25) is 0 Å². The molecule has 2 aromatic carbocycles. The molecule has 3 heterocycles. The van der Waals surface area contributed by atoms with Crippen molar-refractivity contribution in [1.82, 2.24) is 19.7 Å². The molecule has 0 radical (unpaired) electrons. The van der Waals surface area contributed by atoms with E-state index >= 15 is 0 Å². The van der Waals surface area contributed by atoms with Crippen molar-refractivity contribution in [2.75, 3.05) is 5.32 Å². The Kier molecular flexibility index (Phi) is 3.36. The van der Waals surface area contributed by atoms with E-state index in [0.29, 0.717) is 16.8 Å². The second-order valence-corrected chi connectivity index (χ2v) is 6.72. The van der Waals surface area contributed by atoms with Gasteiger partial charge in [-0.15, -0.1) is 0 Å². The quantitative estimate of drug-likeness (QED) is 0.575. The Morgan fingerprint density at radius 2 is 2.00 bits per heavy atom. The fraction of sp³-hybridized carbons (Fsp3) is 0.150. The highest BCUT2D eigenvalue weighted by molar-refractivity contribution is 5.97. The molecule has 2 aromatic heterocycles. The molecule has 2 atom stereocenters. The third kappa shape index (κ3) is 2.35. The first-order valence-corrected chi connectivity index (χ1v) is 8.64. The van der Waals surface area contributed by atoms with Gasteiger partial charge in [0.2, 0.25) is 0 Å². The molecule has 1 aliphatic heterocycles. The molecule has 0 amide bonds. The van der Waals surface area contributed by atoms with Gasteiger partial charge in [0.05, 0.1) is 23.0 Å². The summed E-state index contributed by atoms with van der Waals surface area (Å²) in [7, 11) is 1.92. The molecule has 0 aliphatic carbocycles. The SMILES string of the molecule is Cn1ccnc1[C@@H]1c2n[nH]c(=O)c3cc(F)cc(c23)N[C@H]1c1ccccc1. The average molecular weight is 361 g/mol.